The number of carbonyl (C=O) groups excluding carboxylic acids is 3. The van der Waals surface area contributed by atoms with Crippen LogP contribution in [0.3, 0.4) is 0 Å². The molecule has 1 spiro atoms. The average Bonchev–Trinajstić information content (AvgIpc) is 3.41. The monoisotopic (exact) mass is 570 g/mol. The van der Waals surface area contributed by atoms with Crippen LogP contribution in [0.1, 0.15) is 52.4 Å². The molecule has 0 saturated carbocycles. The first kappa shape index (κ1) is 28.3. The van der Waals surface area contributed by atoms with Gasteiger partial charge in [0, 0.05) is 35.8 Å². The minimum Gasteiger partial charge on any atom is -0.465 e. The zero-order chi connectivity index (χ0) is 25.8. The van der Waals surface area contributed by atoms with Crippen molar-refractivity contribution >= 4 is 45.5 Å². The molecular weight excluding hydrogens is 532 g/mol. The third-order valence-corrected chi connectivity index (χ3v) is 10.7. The van der Waals surface area contributed by atoms with E-state index in [-0.39, 0.29) is 53.7 Å². The lowest BCUT2D eigenvalue weighted by atomic mass is 9.71. The number of aliphatic hydroxyl groups excluding tert-OH is 1. The van der Waals surface area contributed by atoms with Crippen LogP contribution in [0.25, 0.3) is 0 Å². The van der Waals surface area contributed by atoms with Crippen LogP contribution in [0.4, 0.5) is 0 Å². The van der Waals surface area contributed by atoms with Gasteiger partial charge in [0.25, 0.3) is 0 Å². The number of hydrogen-bond donors (Lipinski definition) is 1. The second-order valence-corrected chi connectivity index (χ2v) is 12.5. The molecule has 0 aromatic carbocycles. The van der Waals surface area contributed by atoms with E-state index in [0.29, 0.717) is 25.8 Å². The molecule has 0 aliphatic carbocycles. The highest BCUT2D eigenvalue weighted by atomic mass is 79.9. The van der Waals surface area contributed by atoms with Crippen molar-refractivity contribution in [3.05, 3.63) is 25.3 Å². The number of nitrogens with zero attached hydrogens (tertiary/aromatic N) is 2. The molecule has 7 atom stereocenters. The van der Waals surface area contributed by atoms with Crippen LogP contribution in [0.5, 0.6) is 0 Å². The summed E-state index contributed by atoms with van der Waals surface area (Å²) in [5, 5.41) is 9.39. The molecule has 4 unspecified atom stereocenters. The lowest BCUT2D eigenvalue weighted by Gasteiger charge is -2.39. The van der Waals surface area contributed by atoms with E-state index in [1.807, 2.05) is 11.8 Å². The van der Waals surface area contributed by atoms with Gasteiger partial charge in [-0.1, -0.05) is 41.4 Å². The van der Waals surface area contributed by atoms with Gasteiger partial charge >= 0.3 is 5.97 Å². The molecule has 2 bridgehead atoms. The Labute approximate surface area is 221 Å². The number of alkyl halides is 1. The minimum atomic E-state index is -0.696. The fourth-order valence-corrected chi connectivity index (χ4v) is 9.61. The van der Waals surface area contributed by atoms with E-state index in [1.165, 1.54) is 0 Å². The molecule has 3 fully saturated rings. The number of rotatable bonds is 14. The Bertz CT molecular complexity index is 826. The summed E-state index contributed by atoms with van der Waals surface area (Å²) in [6.07, 6.45) is 7.76. The number of allylic oxidation sites excluding steroid dienone is 1. The number of aliphatic hydroxyl groups is 1. The molecule has 2 amide bonds. The molecule has 0 aromatic heterocycles. The Morgan fingerprint density at radius 1 is 1.37 bits per heavy atom. The van der Waals surface area contributed by atoms with Crippen LogP contribution in [0.15, 0.2) is 25.3 Å². The SMILES string of the molecule is C=CCCCOC(=O)[C@H]1[C@@H]2SC3(CC2Br)C(C(=O)N(CC=C)C(C)CCC)N(CCCO)C(=O)[C@H]13. The van der Waals surface area contributed by atoms with Gasteiger partial charge in [0.2, 0.25) is 11.8 Å². The molecule has 3 aliphatic heterocycles. The Balaban J connectivity index is 1.97. The largest absolute Gasteiger partial charge is 0.465 e. The molecule has 3 rings (SSSR count). The van der Waals surface area contributed by atoms with Gasteiger partial charge < -0.3 is 19.6 Å². The van der Waals surface area contributed by atoms with E-state index in [2.05, 4.69) is 36.0 Å². The van der Waals surface area contributed by atoms with Gasteiger partial charge in [-0.15, -0.1) is 24.9 Å². The number of likely N-dealkylation sites (tertiary alicyclic amines) is 1. The number of amides is 2. The summed E-state index contributed by atoms with van der Waals surface area (Å²) in [5.74, 6) is -1.80. The van der Waals surface area contributed by atoms with Gasteiger partial charge in [0.05, 0.1) is 23.2 Å². The second kappa shape index (κ2) is 12.3. The predicted molar refractivity (Wildman–Crippen MR) is 142 cm³/mol. The summed E-state index contributed by atoms with van der Waals surface area (Å²) in [5.41, 5.74) is 0. The van der Waals surface area contributed by atoms with Gasteiger partial charge in [0.15, 0.2) is 0 Å². The first-order chi connectivity index (χ1) is 16.8. The summed E-state index contributed by atoms with van der Waals surface area (Å²) in [4.78, 5) is 44.8. The molecule has 196 valence electrons. The molecule has 3 heterocycles. The fourth-order valence-electron chi connectivity index (χ4n) is 6.01. The summed E-state index contributed by atoms with van der Waals surface area (Å²) in [6.45, 7) is 12.6. The van der Waals surface area contributed by atoms with Crippen LogP contribution >= 0.6 is 27.7 Å². The normalized spacial score (nSPS) is 31.8. The van der Waals surface area contributed by atoms with Gasteiger partial charge in [-0.2, -0.15) is 0 Å². The van der Waals surface area contributed by atoms with Crippen molar-refractivity contribution in [2.45, 2.75) is 79.3 Å². The number of fused-ring (bicyclic) bond motifs is 1. The van der Waals surface area contributed by atoms with Gasteiger partial charge in [-0.05, 0) is 39.0 Å². The Kier molecular flexibility index (Phi) is 9.91. The van der Waals surface area contributed by atoms with Crippen molar-refractivity contribution in [2.24, 2.45) is 11.8 Å². The van der Waals surface area contributed by atoms with Crippen LogP contribution in [-0.2, 0) is 19.1 Å². The van der Waals surface area contributed by atoms with Gasteiger partial charge in [0.1, 0.15) is 6.04 Å². The van der Waals surface area contributed by atoms with Crippen molar-refractivity contribution in [1.82, 2.24) is 9.80 Å². The van der Waals surface area contributed by atoms with Crippen molar-refractivity contribution in [3.63, 3.8) is 0 Å². The second-order valence-electron chi connectivity index (χ2n) is 9.79. The summed E-state index contributed by atoms with van der Waals surface area (Å²) in [6, 6.07) is -0.677. The van der Waals surface area contributed by atoms with E-state index in [0.717, 1.165) is 19.3 Å². The third-order valence-electron chi connectivity index (χ3n) is 7.50. The third kappa shape index (κ3) is 5.23. The highest BCUT2D eigenvalue weighted by Crippen LogP contribution is 2.68. The minimum absolute atomic E-state index is 0.00439. The number of unbranched alkanes of at least 4 members (excludes halogenated alkanes) is 1. The molecular formula is C26H39BrN2O5S. The average molecular weight is 572 g/mol. The number of hydrogen-bond acceptors (Lipinski definition) is 6. The Morgan fingerprint density at radius 2 is 2.11 bits per heavy atom. The summed E-state index contributed by atoms with van der Waals surface area (Å²) >= 11 is 5.38. The van der Waals surface area contributed by atoms with E-state index >= 15 is 0 Å². The lowest BCUT2D eigenvalue weighted by Crippen LogP contribution is -2.57. The fraction of sp³-hybridized carbons (Fsp3) is 0.731. The zero-order valence-electron chi connectivity index (χ0n) is 20.9. The number of esters is 1. The first-order valence-corrected chi connectivity index (χ1v) is 14.5. The van der Waals surface area contributed by atoms with E-state index in [4.69, 9.17) is 4.74 Å². The Morgan fingerprint density at radius 3 is 2.74 bits per heavy atom. The maximum Gasteiger partial charge on any atom is 0.310 e. The lowest BCUT2D eigenvalue weighted by molar-refractivity contribution is -0.154. The summed E-state index contributed by atoms with van der Waals surface area (Å²) in [7, 11) is 0. The van der Waals surface area contributed by atoms with Gasteiger partial charge in [-0.25, -0.2) is 0 Å². The smallest absolute Gasteiger partial charge is 0.310 e. The topological polar surface area (TPSA) is 87.2 Å². The van der Waals surface area contributed by atoms with Crippen molar-refractivity contribution in [1.29, 1.82) is 0 Å². The number of carbonyl (C=O) groups is 3. The van der Waals surface area contributed by atoms with Gasteiger partial charge in [-0.3, -0.25) is 14.4 Å². The molecule has 7 nitrogen and oxygen atoms in total. The van der Waals surface area contributed by atoms with Crippen LogP contribution in [0.2, 0.25) is 0 Å². The predicted octanol–water partition coefficient (Wildman–Crippen LogP) is 3.55. The zero-order valence-corrected chi connectivity index (χ0v) is 23.3. The molecule has 0 radical (unpaired) electrons. The van der Waals surface area contributed by atoms with E-state index in [9.17, 15) is 19.5 Å². The molecule has 35 heavy (non-hydrogen) atoms. The van der Waals surface area contributed by atoms with E-state index < -0.39 is 22.6 Å². The number of ether oxygens (including phenoxy) is 1. The van der Waals surface area contributed by atoms with Crippen molar-refractivity contribution < 1.29 is 24.2 Å². The first-order valence-electron chi connectivity index (χ1n) is 12.7. The molecule has 3 saturated heterocycles. The molecule has 1 N–H and O–H groups in total. The number of thioether (sulfide) groups is 1. The van der Waals surface area contributed by atoms with Crippen molar-refractivity contribution in [3.8, 4) is 0 Å². The molecule has 0 aromatic rings. The maximum atomic E-state index is 14.2. The highest BCUT2D eigenvalue weighted by molar-refractivity contribution is 9.09. The molecule has 9 heteroatoms. The van der Waals surface area contributed by atoms with Crippen LogP contribution in [0, 0.1) is 11.8 Å². The number of halogens is 1. The summed E-state index contributed by atoms with van der Waals surface area (Å²) < 4.78 is 4.91. The standard InChI is InChI=1S/C26H39BrN2O5S/c1-5-8-9-15-34-25(33)19-20-23(31)29(13-10-14-30)22(26(20)16-18(27)21(19)35-26)24(32)28(12-7-3)17(4)11-6-2/h5,7,17-22,30H,1,3,6,8-16H2,2,4H3/t17?,18?,19-,20+,21-,22?,26?/m1/s1. The Hall–Kier alpha value is -1.32. The van der Waals surface area contributed by atoms with Crippen LogP contribution in [-0.4, -0.2) is 85.9 Å². The van der Waals surface area contributed by atoms with Crippen molar-refractivity contribution in [2.75, 3.05) is 26.3 Å². The van der Waals surface area contributed by atoms with Crippen LogP contribution < -0.4 is 0 Å². The highest BCUT2D eigenvalue weighted by Gasteiger charge is 2.76. The van der Waals surface area contributed by atoms with E-state index in [1.54, 1.807) is 28.8 Å². The maximum absolute atomic E-state index is 14.2. The molecule has 3 aliphatic rings. The quantitative estimate of drug-likeness (QED) is 0.149.